The zero-order valence-corrected chi connectivity index (χ0v) is 9.75. The van der Waals surface area contributed by atoms with Crippen molar-refractivity contribution >= 4 is 17.6 Å². The average molecular weight is 240 g/mol. The number of amides is 1. The lowest BCUT2D eigenvalue weighted by Gasteiger charge is -2.14. The highest BCUT2D eigenvalue weighted by atomic mass is 16.4. The van der Waals surface area contributed by atoms with E-state index in [1.54, 1.807) is 0 Å². The fraction of sp³-hybridized carbons (Fsp3) is 0.500. The van der Waals surface area contributed by atoms with Gasteiger partial charge in [0, 0.05) is 6.20 Å². The monoisotopic (exact) mass is 240 g/mol. The number of hydrogen-bond acceptors (Lipinski definition) is 4. The van der Waals surface area contributed by atoms with Gasteiger partial charge in [-0.25, -0.2) is 0 Å². The van der Waals surface area contributed by atoms with Crippen molar-refractivity contribution in [3.63, 3.8) is 0 Å². The smallest absolute Gasteiger partial charge is 0.325 e. The molecule has 1 heterocycles. The van der Waals surface area contributed by atoms with E-state index in [0.29, 0.717) is 5.69 Å². The van der Waals surface area contributed by atoms with Crippen molar-refractivity contribution in [3.05, 3.63) is 12.4 Å². The van der Waals surface area contributed by atoms with Crippen LogP contribution in [0.1, 0.15) is 13.8 Å². The van der Waals surface area contributed by atoms with Gasteiger partial charge in [-0.1, -0.05) is 13.8 Å². The number of anilines is 1. The molecule has 0 unspecified atom stereocenters. The van der Waals surface area contributed by atoms with Gasteiger partial charge in [-0.15, -0.1) is 0 Å². The summed E-state index contributed by atoms with van der Waals surface area (Å²) in [6, 6.07) is -0.599. The Morgan fingerprint density at radius 3 is 2.76 bits per heavy atom. The Morgan fingerprint density at radius 2 is 2.24 bits per heavy atom. The van der Waals surface area contributed by atoms with E-state index < -0.39 is 12.0 Å². The number of nitrogens with zero attached hydrogens (tertiary/aromatic N) is 2. The van der Waals surface area contributed by atoms with Crippen LogP contribution in [0.5, 0.6) is 0 Å². The molecule has 1 aromatic heterocycles. The third-order valence-corrected chi connectivity index (χ3v) is 2.22. The van der Waals surface area contributed by atoms with Gasteiger partial charge in [-0.3, -0.25) is 14.3 Å². The molecule has 4 N–H and O–H groups in total. The summed E-state index contributed by atoms with van der Waals surface area (Å²) in [4.78, 5) is 22.0. The molecule has 1 atom stereocenters. The van der Waals surface area contributed by atoms with Gasteiger partial charge in [0.15, 0.2) is 0 Å². The van der Waals surface area contributed by atoms with Gasteiger partial charge in [-0.2, -0.15) is 5.10 Å². The summed E-state index contributed by atoms with van der Waals surface area (Å²) in [5.74, 6) is -1.27. The number of hydrogen-bond donors (Lipinski definition) is 3. The van der Waals surface area contributed by atoms with Crippen molar-refractivity contribution in [2.45, 2.75) is 26.4 Å². The van der Waals surface area contributed by atoms with E-state index in [4.69, 9.17) is 10.8 Å². The molecule has 0 aliphatic carbocycles. The lowest BCUT2D eigenvalue weighted by molar-refractivity contribution is -0.137. The molecular formula is C10H16N4O3. The SMILES string of the molecule is CC(C)[C@@H](N)C(=O)Nc1cnn(CC(=O)O)c1. The Labute approximate surface area is 98.6 Å². The molecule has 7 nitrogen and oxygen atoms in total. The summed E-state index contributed by atoms with van der Waals surface area (Å²) in [5.41, 5.74) is 6.10. The zero-order chi connectivity index (χ0) is 13.0. The molecule has 7 heteroatoms. The van der Waals surface area contributed by atoms with Crippen LogP contribution in [0.3, 0.4) is 0 Å². The molecule has 94 valence electrons. The quantitative estimate of drug-likeness (QED) is 0.665. The normalized spacial score (nSPS) is 12.5. The van der Waals surface area contributed by atoms with Crippen molar-refractivity contribution in [3.8, 4) is 0 Å². The summed E-state index contributed by atoms with van der Waals surface area (Å²) in [6.45, 7) is 3.45. The molecule has 0 aromatic carbocycles. The van der Waals surface area contributed by atoms with E-state index in [9.17, 15) is 9.59 Å². The first-order chi connectivity index (χ1) is 7.90. The average Bonchev–Trinajstić information content (AvgIpc) is 2.63. The second-order valence-electron chi connectivity index (χ2n) is 4.08. The van der Waals surface area contributed by atoms with E-state index >= 15 is 0 Å². The summed E-state index contributed by atoms with van der Waals surface area (Å²) in [5, 5.41) is 14.9. The maximum atomic E-state index is 11.6. The van der Waals surface area contributed by atoms with Gasteiger partial charge >= 0.3 is 5.97 Å². The number of aromatic nitrogens is 2. The highest BCUT2D eigenvalue weighted by Crippen LogP contribution is 2.07. The summed E-state index contributed by atoms with van der Waals surface area (Å²) in [7, 11) is 0. The topological polar surface area (TPSA) is 110 Å². The number of carboxylic acids is 1. The van der Waals surface area contributed by atoms with Crippen LogP contribution in [-0.4, -0.2) is 32.8 Å². The Morgan fingerprint density at radius 1 is 1.59 bits per heavy atom. The van der Waals surface area contributed by atoms with Crippen LogP contribution in [0.2, 0.25) is 0 Å². The van der Waals surface area contributed by atoms with E-state index in [1.165, 1.54) is 17.1 Å². The summed E-state index contributed by atoms with van der Waals surface area (Å²) in [6.07, 6.45) is 2.83. The lowest BCUT2D eigenvalue weighted by Crippen LogP contribution is -2.39. The maximum absolute atomic E-state index is 11.6. The third kappa shape index (κ3) is 3.87. The molecule has 0 bridgehead atoms. The fourth-order valence-corrected chi connectivity index (χ4v) is 1.18. The molecule has 0 saturated carbocycles. The number of nitrogens with one attached hydrogen (secondary N) is 1. The second kappa shape index (κ2) is 5.44. The molecule has 0 saturated heterocycles. The first kappa shape index (κ1) is 13.2. The molecule has 17 heavy (non-hydrogen) atoms. The highest BCUT2D eigenvalue weighted by molar-refractivity contribution is 5.94. The predicted molar refractivity (Wildman–Crippen MR) is 61.3 cm³/mol. The number of carboxylic acid groups (broad SMARTS) is 1. The number of rotatable bonds is 5. The molecule has 0 radical (unpaired) electrons. The van der Waals surface area contributed by atoms with Gasteiger partial charge in [0.05, 0.1) is 17.9 Å². The van der Waals surface area contributed by atoms with Crippen LogP contribution >= 0.6 is 0 Å². The maximum Gasteiger partial charge on any atom is 0.325 e. The van der Waals surface area contributed by atoms with E-state index in [2.05, 4.69) is 10.4 Å². The van der Waals surface area contributed by atoms with Gasteiger partial charge in [-0.05, 0) is 5.92 Å². The lowest BCUT2D eigenvalue weighted by atomic mass is 10.1. The zero-order valence-electron chi connectivity index (χ0n) is 9.75. The first-order valence-electron chi connectivity index (χ1n) is 5.21. The van der Waals surface area contributed by atoms with Gasteiger partial charge in [0.2, 0.25) is 5.91 Å². The van der Waals surface area contributed by atoms with E-state index in [1.807, 2.05) is 13.8 Å². The molecule has 1 amide bonds. The van der Waals surface area contributed by atoms with Crippen molar-refractivity contribution in [1.29, 1.82) is 0 Å². The minimum atomic E-state index is -0.996. The van der Waals surface area contributed by atoms with Gasteiger partial charge < -0.3 is 16.2 Å². The van der Waals surface area contributed by atoms with Gasteiger partial charge in [0.25, 0.3) is 0 Å². The number of aliphatic carboxylic acids is 1. The molecule has 0 aliphatic heterocycles. The molecular weight excluding hydrogens is 224 g/mol. The predicted octanol–water partition coefficient (Wildman–Crippen LogP) is -0.111. The standard InChI is InChI=1S/C10H16N4O3/c1-6(2)9(11)10(17)13-7-3-12-14(4-7)5-8(15)16/h3-4,6,9H,5,11H2,1-2H3,(H,13,17)(H,15,16)/t9-/m1/s1. The molecule has 0 spiro atoms. The Hall–Kier alpha value is -1.89. The van der Waals surface area contributed by atoms with Crippen LogP contribution in [0.15, 0.2) is 12.4 Å². The van der Waals surface area contributed by atoms with Crippen LogP contribution in [0, 0.1) is 5.92 Å². The minimum absolute atomic E-state index is 0.0315. The van der Waals surface area contributed by atoms with Crippen LogP contribution in [-0.2, 0) is 16.1 Å². The number of nitrogens with two attached hydrogens (primary N) is 1. The number of carbonyl (C=O) groups excluding carboxylic acids is 1. The number of carbonyl (C=O) groups is 2. The van der Waals surface area contributed by atoms with Crippen LogP contribution in [0.25, 0.3) is 0 Å². The van der Waals surface area contributed by atoms with Crippen LogP contribution < -0.4 is 11.1 Å². The van der Waals surface area contributed by atoms with E-state index in [-0.39, 0.29) is 18.4 Å². The first-order valence-corrected chi connectivity index (χ1v) is 5.21. The molecule has 0 aliphatic rings. The van der Waals surface area contributed by atoms with Crippen molar-refractivity contribution in [1.82, 2.24) is 9.78 Å². The fourth-order valence-electron chi connectivity index (χ4n) is 1.18. The molecule has 1 rings (SSSR count). The Kier molecular flexibility index (Phi) is 4.22. The molecule has 1 aromatic rings. The molecule has 0 fully saturated rings. The van der Waals surface area contributed by atoms with Crippen molar-refractivity contribution in [2.75, 3.05) is 5.32 Å². The largest absolute Gasteiger partial charge is 0.480 e. The third-order valence-electron chi connectivity index (χ3n) is 2.22. The van der Waals surface area contributed by atoms with Crippen LogP contribution in [0.4, 0.5) is 5.69 Å². The van der Waals surface area contributed by atoms with Crippen molar-refractivity contribution in [2.24, 2.45) is 11.7 Å². The summed E-state index contributed by atoms with van der Waals surface area (Å²) < 4.78 is 1.22. The second-order valence-corrected chi connectivity index (χ2v) is 4.08. The Bertz CT molecular complexity index is 413. The van der Waals surface area contributed by atoms with Gasteiger partial charge in [0.1, 0.15) is 6.54 Å². The highest BCUT2D eigenvalue weighted by Gasteiger charge is 2.17. The Balaban J connectivity index is 2.60. The van der Waals surface area contributed by atoms with E-state index in [0.717, 1.165) is 0 Å². The minimum Gasteiger partial charge on any atom is -0.480 e. The summed E-state index contributed by atoms with van der Waals surface area (Å²) >= 11 is 0. The van der Waals surface area contributed by atoms with Crippen molar-refractivity contribution < 1.29 is 14.7 Å².